The maximum Gasteiger partial charge on any atom is 0.472 e. The highest BCUT2D eigenvalue weighted by molar-refractivity contribution is 7.47. The molecule has 0 aromatic rings. The van der Waals surface area contributed by atoms with Gasteiger partial charge in [0.15, 0.2) is 0 Å². The Balaban J connectivity index is 4.29. The van der Waals surface area contributed by atoms with Crippen LogP contribution >= 0.6 is 7.82 Å². The normalized spacial score (nSPS) is 14.6. The monoisotopic (exact) mass is 1040 g/mol. The van der Waals surface area contributed by atoms with Gasteiger partial charge in [-0.25, -0.2) is 4.57 Å². The molecule has 9 heteroatoms. The van der Waals surface area contributed by atoms with E-state index in [0.717, 1.165) is 89.9 Å². The molecule has 1 amide bonds. The Labute approximate surface area is 451 Å². The van der Waals surface area contributed by atoms with Crippen molar-refractivity contribution in [2.24, 2.45) is 0 Å². The lowest BCUT2D eigenvalue weighted by atomic mass is 10.0. The van der Waals surface area contributed by atoms with Crippen LogP contribution in [0.25, 0.3) is 0 Å². The van der Waals surface area contributed by atoms with Crippen molar-refractivity contribution >= 4 is 13.7 Å². The second-order valence-electron chi connectivity index (χ2n) is 21.3. The van der Waals surface area contributed by atoms with Gasteiger partial charge in [0.1, 0.15) is 13.2 Å². The lowest BCUT2D eigenvalue weighted by Crippen LogP contribution is -2.45. The average molecular weight is 1040 g/mol. The molecule has 0 aromatic heterocycles. The Morgan fingerprint density at radius 3 is 1.26 bits per heavy atom. The van der Waals surface area contributed by atoms with Gasteiger partial charge in [-0.1, -0.05) is 259 Å². The fourth-order valence-corrected chi connectivity index (χ4v) is 9.09. The summed E-state index contributed by atoms with van der Waals surface area (Å²) in [6.45, 7) is 4.68. The van der Waals surface area contributed by atoms with Crippen LogP contribution in [0.5, 0.6) is 0 Å². The van der Waals surface area contributed by atoms with Gasteiger partial charge in [0, 0.05) is 6.42 Å². The van der Waals surface area contributed by atoms with Gasteiger partial charge in [0.25, 0.3) is 0 Å². The molecule has 3 N–H and O–H groups in total. The van der Waals surface area contributed by atoms with Gasteiger partial charge >= 0.3 is 7.82 Å². The van der Waals surface area contributed by atoms with Crippen LogP contribution < -0.4 is 5.32 Å². The summed E-state index contributed by atoms with van der Waals surface area (Å²) in [6, 6.07) is -0.880. The molecule has 0 aliphatic heterocycles. The number of nitrogens with one attached hydrogen (secondary N) is 1. The minimum atomic E-state index is -4.37. The number of carbonyl (C=O) groups excluding carboxylic acids is 1. The fraction of sp³-hybridized carbons (Fsp3) is 0.734. The predicted octanol–water partition coefficient (Wildman–Crippen LogP) is 18.6. The molecule has 73 heavy (non-hydrogen) atoms. The summed E-state index contributed by atoms with van der Waals surface area (Å²) >= 11 is 0. The number of phosphoric acid groups is 1. The van der Waals surface area contributed by atoms with Crippen LogP contribution in [-0.2, 0) is 18.4 Å². The number of aliphatic hydroxyl groups excluding tert-OH is 1. The number of carbonyl (C=O) groups is 1. The largest absolute Gasteiger partial charge is 0.472 e. The number of quaternary nitrogens is 1. The van der Waals surface area contributed by atoms with Crippen molar-refractivity contribution in [3.8, 4) is 0 Å². The van der Waals surface area contributed by atoms with E-state index in [2.05, 4.69) is 104 Å². The Hall–Kier alpha value is -2.58. The molecule has 0 bridgehead atoms. The first-order valence-corrected chi connectivity index (χ1v) is 31.6. The number of hydrogen-bond acceptors (Lipinski definition) is 5. The summed E-state index contributed by atoms with van der Waals surface area (Å²) in [5.74, 6) is -0.203. The molecular weight excluding hydrogens is 924 g/mol. The summed E-state index contributed by atoms with van der Waals surface area (Å²) in [5, 5.41) is 13.9. The van der Waals surface area contributed by atoms with E-state index in [1.54, 1.807) is 6.08 Å². The molecule has 422 valence electrons. The van der Waals surface area contributed by atoms with E-state index in [1.165, 1.54) is 141 Å². The van der Waals surface area contributed by atoms with E-state index in [4.69, 9.17) is 9.05 Å². The van der Waals surface area contributed by atoms with Crippen molar-refractivity contribution in [2.45, 2.75) is 264 Å². The van der Waals surface area contributed by atoms with Crippen LogP contribution in [0.3, 0.4) is 0 Å². The zero-order valence-electron chi connectivity index (χ0n) is 48.1. The maximum absolute atomic E-state index is 13.0. The lowest BCUT2D eigenvalue weighted by molar-refractivity contribution is -0.870. The number of phosphoric ester groups is 1. The van der Waals surface area contributed by atoms with Crippen molar-refractivity contribution in [3.63, 3.8) is 0 Å². The molecule has 0 spiro atoms. The van der Waals surface area contributed by atoms with Gasteiger partial charge in [0.05, 0.1) is 39.9 Å². The first-order valence-electron chi connectivity index (χ1n) is 30.1. The number of rotatable bonds is 54. The Morgan fingerprint density at radius 1 is 0.479 bits per heavy atom. The predicted molar refractivity (Wildman–Crippen MR) is 318 cm³/mol. The molecule has 0 rings (SSSR count). The third-order valence-corrected chi connectivity index (χ3v) is 14.0. The number of likely N-dealkylation sites (N-methyl/N-ethyl adjacent to an activating group) is 1. The van der Waals surface area contributed by atoms with Crippen molar-refractivity contribution in [2.75, 3.05) is 40.9 Å². The number of hydrogen-bond donors (Lipinski definition) is 3. The second-order valence-corrected chi connectivity index (χ2v) is 22.8. The molecule has 0 aliphatic rings. The van der Waals surface area contributed by atoms with Gasteiger partial charge < -0.3 is 19.8 Å². The van der Waals surface area contributed by atoms with Crippen molar-refractivity contribution in [3.05, 3.63) is 97.2 Å². The zero-order valence-corrected chi connectivity index (χ0v) is 49.0. The highest BCUT2D eigenvalue weighted by Gasteiger charge is 2.27. The smallest absolute Gasteiger partial charge is 0.387 e. The van der Waals surface area contributed by atoms with Gasteiger partial charge in [-0.15, -0.1) is 0 Å². The number of aliphatic hydroxyl groups is 1. The van der Waals surface area contributed by atoms with E-state index in [0.29, 0.717) is 17.4 Å². The molecule has 0 saturated carbocycles. The van der Waals surface area contributed by atoms with Crippen LogP contribution in [0.4, 0.5) is 0 Å². The van der Waals surface area contributed by atoms with Gasteiger partial charge in [0.2, 0.25) is 5.91 Å². The van der Waals surface area contributed by atoms with Crippen LogP contribution in [0.15, 0.2) is 97.2 Å². The molecule has 0 fully saturated rings. The Kier molecular flexibility index (Phi) is 52.3. The molecule has 0 saturated heterocycles. The van der Waals surface area contributed by atoms with Gasteiger partial charge in [-0.2, -0.15) is 0 Å². The van der Waals surface area contributed by atoms with Crippen LogP contribution in [0.1, 0.15) is 251 Å². The first-order chi connectivity index (χ1) is 35.5. The van der Waals surface area contributed by atoms with Crippen LogP contribution in [0, 0.1) is 0 Å². The summed E-state index contributed by atoms with van der Waals surface area (Å²) in [5.41, 5.74) is 0. The Bertz CT molecular complexity index is 1510. The molecule has 0 heterocycles. The van der Waals surface area contributed by atoms with Crippen LogP contribution in [0.2, 0.25) is 0 Å². The molecule has 3 atom stereocenters. The average Bonchev–Trinajstić information content (AvgIpc) is 3.35. The molecule has 0 radical (unpaired) electrons. The third-order valence-electron chi connectivity index (χ3n) is 13.0. The van der Waals surface area contributed by atoms with Gasteiger partial charge in [-0.05, 0) is 83.5 Å². The van der Waals surface area contributed by atoms with E-state index in [1.807, 2.05) is 27.2 Å². The number of unbranched alkanes of at least 4 members (excludes halogenated alkanes) is 27. The zero-order chi connectivity index (χ0) is 53.5. The minimum Gasteiger partial charge on any atom is -0.387 e. The van der Waals surface area contributed by atoms with Crippen molar-refractivity contribution in [1.29, 1.82) is 0 Å². The molecular formula is C64H116N2O6P+. The highest BCUT2D eigenvalue weighted by atomic mass is 31.2. The van der Waals surface area contributed by atoms with Crippen LogP contribution in [-0.4, -0.2) is 73.4 Å². The molecule has 8 nitrogen and oxygen atoms in total. The van der Waals surface area contributed by atoms with E-state index in [9.17, 15) is 19.4 Å². The molecule has 0 aliphatic carbocycles. The van der Waals surface area contributed by atoms with Crippen molar-refractivity contribution < 1.29 is 32.9 Å². The minimum absolute atomic E-state index is 0.0480. The summed E-state index contributed by atoms with van der Waals surface area (Å²) in [6.07, 6.45) is 78.0. The lowest BCUT2D eigenvalue weighted by Gasteiger charge is -2.25. The Morgan fingerprint density at radius 2 is 0.836 bits per heavy atom. The summed E-state index contributed by atoms with van der Waals surface area (Å²) in [7, 11) is 1.53. The van der Waals surface area contributed by atoms with E-state index < -0.39 is 20.0 Å². The maximum atomic E-state index is 13.0. The molecule has 3 unspecified atom stereocenters. The number of nitrogens with zero attached hydrogens (tertiary/aromatic N) is 1. The second kappa shape index (κ2) is 54.2. The van der Waals surface area contributed by atoms with Gasteiger partial charge in [-0.3, -0.25) is 13.8 Å². The number of amides is 1. The highest BCUT2D eigenvalue weighted by Crippen LogP contribution is 2.43. The summed E-state index contributed by atoms with van der Waals surface area (Å²) in [4.78, 5) is 23.3. The van der Waals surface area contributed by atoms with E-state index in [-0.39, 0.29) is 19.1 Å². The first kappa shape index (κ1) is 70.4. The quantitative estimate of drug-likeness (QED) is 0.0243. The molecule has 0 aromatic carbocycles. The topological polar surface area (TPSA) is 105 Å². The SMILES string of the molecule is CC/C=C\C/C=C\C/C=C\C/C=C\C/C=C\C/C=C\CCCCCCCCC(=O)NC(COP(=O)(O)OCC[N+](C)(C)C)C(O)/C=C/CC/C=C/CCCCCCCCCCCCCCCCCCCCCC. The number of allylic oxidation sites excluding steroid dienone is 15. The van der Waals surface area contributed by atoms with E-state index >= 15 is 0 Å². The third kappa shape index (κ3) is 57.0. The van der Waals surface area contributed by atoms with Crippen molar-refractivity contribution in [1.82, 2.24) is 5.32 Å². The fourth-order valence-electron chi connectivity index (χ4n) is 8.36. The summed E-state index contributed by atoms with van der Waals surface area (Å²) < 4.78 is 23.7. The standard InChI is InChI=1S/C64H115N2O6P/c1-6-8-10-12-14-16-18-20-22-24-26-28-30-32-34-35-37-39-41-43-45-47-49-51-53-55-57-63(67)62(61-72-73(69,70)71-60-59-66(3,4)5)65-64(68)58-56-54-52-50-48-46-44-42-40-38-36-33-31-29-27-25-23-21-19-17-15-13-11-9-7-2/h9,11,15,17,21,23,27,29,33,36,40,42,47,49,55,57,62-63,67H,6-8,10,12-14,16,18-20,22,24-26,28,30-32,34-35,37-39,41,43-46,48,50-54,56,58-61H2,1-5H3,(H-,65,68,69,70)/p+1/b11-9-,17-15-,23-21-,29-27-,36-33-,42-40-,49-47+,57-55+.